The van der Waals surface area contributed by atoms with Crippen LogP contribution in [-0.4, -0.2) is 61.8 Å². The van der Waals surface area contributed by atoms with E-state index in [1.807, 2.05) is 6.07 Å². The van der Waals surface area contributed by atoms with Crippen LogP contribution in [0, 0.1) is 11.6 Å². The van der Waals surface area contributed by atoms with Crippen molar-refractivity contribution in [1.29, 1.82) is 0 Å². The molecule has 202 valence electrons. The maximum absolute atomic E-state index is 13.8. The largest absolute Gasteiger partial charge is 0.444 e. The predicted molar refractivity (Wildman–Crippen MR) is 138 cm³/mol. The van der Waals surface area contributed by atoms with Crippen LogP contribution in [0.15, 0.2) is 42.5 Å². The van der Waals surface area contributed by atoms with E-state index in [2.05, 4.69) is 33.7 Å². The van der Waals surface area contributed by atoms with Crippen LogP contribution in [0.4, 0.5) is 19.3 Å². The molecule has 9 heteroatoms. The Morgan fingerprint density at radius 1 is 1.14 bits per heavy atom. The third-order valence-corrected chi connectivity index (χ3v) is 6.72. The van der Waals surface area contributed by atoms with Gasteiger partial charge in [0.05, 0.1) is 25.4 Å². The van der Waals surface area contributed by atoms with Crippen LogP contribution in [0.2, 0.25) is 0 Å². The molecule has 2 aliphatic rings. The summed E-state index contributed by atoms with van der Waals surface area (Å²) >= 11 is 0. The number of rotatable bonds is 9. The maximum atomic E-state index is 13.8. The summed E-state index contributed by atoms with van der Waals surface area (Å²) in [6.45, 7) is 8.51. The summed E-state index contributed by atoms with van der Waals surface area (Å²) in [5, 5.41) is 17.3. The first kappa shape index (κ1) is 27.3. The second-order valence-corrected chi connectivity index (χ2v) is 10.9. The average Bonchev–Trinajstić information content (AvgIpc) is 3.62. The van der Waals surface area contributed by atoms with Crippen LogP contribution in [-0.2, 0) is 21.4 Å². The summed E-state index contributed by atoms with van der Waals surface area (Å²) < 4.78 is 38.4. The molecular formula is C28H37F2N3O4. The Kier molecular flexibility index (Phi) is 8.36. The summed E-state index contributed by atoms with van der Waals surface area (Å²) in [7, 11) is 0. The standard InChI is InChI=1S/C28H37F2N3O4/c1-27(2,3)37-26(35)32-24(15-19-13-21(29)17-22(30)14-19)25(34)18-31-28(7-8-28)20-5-4-6-23(16-20)33-9-11-36-12-10-33/h4-6,13-14,16-17,24-25,31,34H,7-12,15,18H2,1-3H3,(H,32,35)/t24-,25+/m0/s1. The lowest BCUT2D eigenvalue weighted by molar-refractivity contribution is 0.0419. The maximum Gasteiger partial charge on any atom is 0.407 e. The molecule has 1 aliphatic carbocycles. The average molecular weight is 518 g/mol. The summed E-state index contributed by atoms with van der Waals surface area (Å²) in [4.78, 5) is 14.8. The number of amides is 1. The van der Waals surface area contributed by atoms with Gasteiger partial charge in [-0.1, -0.05) is 12.1 Å². The van der Waals surface area contributed by atoms with Gasteiger partial charge in [0.25, 0.3) is 0 Å². The van der Waals surface area contributed by atoms with Crippen LogP contribution >= 0.6 is 0 Å². The van der Waals surface area contributed by atoms with E-state index in [1.165, 1.54) is 12.1 Å². The highest BCUT2D eigenvalue weighted by Crippen LogP contribution is 2.46. The SMILES string of the molecule is CC(C)(C)OC(=O)N[C@@H](Cc1cc(F)cc(F)c1)[C@H](O)CNC1(c2cccc(N3CCOCC3)c2)CC1. The molecule has 0 radical (unpaired) electrons. The zero-order valence-electron chi connectivity index (χ0n) is 21.7. The second-order valence-electron chi connectivity index (χ2n) is 10.9. The van der Waals surface area contributed by atoms with E-state index in [1.54, 1.807) is 20.8 Å². The number of hydrogen-bond donors (Lipinski definition) is 3. The zero-order chi connectivity index (χ0) is 26.6. The molecule has 37 heavy (non-hydrogen) atoms. The molecule has 2 aromatic rings. The Morgan fingerprint density at radius 3 is 2.43 bits per heavy atom. The van der Waals surface area contributed by atoms with Gasteiger partial charge in [-0.15, -0.1) is 0 Å². The first-order chi connectivity index (χ1) is 17.5. The van der Waals surface area contributed by atoms with Gasteiger partial charge in [0.15, 0.2) is 0 Å². The number of alkyl carbamates (subject to hydrolysis) is 1. The van der Waals surface area contributed by atoms with Crippen LogP contribution in [0.25, 0.3) is 0 Å². The number of anilines is 1. The number of halogens is 2. The molecule has 1 saturated heterocycles. The molecule has 1 aliphatic heterocycles. The third-order valence-electron chi connectivity index (χ3n) is 6.72. The number of nitrogens with one attached hydrogen (secondary N) is 2. The van der Waals surface area contributed by atoms with Crippen molar-refractivity contribution in [3.05, 3.63) is 65.2 Å². The monoisotopic (exact) mass is 517 g/mol. The lowest BCUT2D eigenvalue weighted by Gasteiger charge is -2.30. The van der Waals surface area contributed by atoms with Gasteiger partial charge in [-0.3, -0.25) is 0 Å². The highest BCUT2D eigenvalue weighted by Gasteiger charge is 2.44. The van der Waals surface area contributed by atoms with Gasteiger partial charge in [0, 0.05) is 36.9 Å². The minimum Gasteiger partial charge on any atom is -0.444 e. The number of carbonyl (C=O) groups is 1. The first-order valence-corrected chi connectivity index (χ1v) is 12.8. The van der Waals surface area contributed by atoms with Crippen molar-refractivity contribution in [2.75, 3.05) is 37.7 Å². The minimum atomic E-state index is -1.03. The van der Waals surface area contributed by atoms with Crippen molar-refractivity contribution in [3.63, 3.8) is 0 Å². The Bertz CT molecular complexity index is 1060. The van der Waals surface area contributed by atoms with E-state index in [0.717, 1.165) is 43.2 Å². The fourth-order valence-corrected chi connectivity index (χ4v) is 4.68. The van der Waals surface area contributed by atoms with E-state index in [0.29, 0.717) is 18.8 Å². The van der Waals surface area contributed by atoms with Gasteiger partial charge < -0.3 is 30.1 Å². The van der Waals surface area contributed by atoms with Gasteiger partial charge in [-0.2, -0.15) is 0 Å². The van der Waals surface area contributed by atoms with Crippen LogP contribution in [0.1, 0.15) is 44.7 Å². The quantitative estimate of drug-likeness (QED) is 0.469. The van der Waals surface area contributed by atoms with E-state index < -0.39 is 35.5 Å². The third kappa shape index (κ3) is 7.63. The van der Waals surface area contributed by atoms with Crippen molar-refractivity contribution < 1.29 is 28.2 Å². The van der Waals surface area contributed by atoms with Crippen molar-refractivity contribution >= 4 is 11.8 Å². The van der Waals surface area contributed by atoms with Crippen LogP contribution < -0.4 is 15.5 Å². The lowest BCUT2D eigenvalue weighted by Crippen LogP contribution is -2.51. The normalized spacial score (nSPS) is 18.7. The minimum absolute atomic E-state index is 0.0380. The number of carbonyl (C=O) groups excluding carboxylic acids is 1. The Balaban J connectivity index is 1.45. The summed E-state index contributed by atoms with van der Waals surface area (Å²) in [6, 6.07) is 10.8. The Morgan fingerprint density at radius 2 is 1.81 bits per heavy atom. The molecule has 1 saturated carbocycles. The van der Waals surface area contributed by atoms with Crippen molar-refractivity contribution in [3.8, 4) is 0 Å². The van der Waals surface area contributed by atoms with E-state index in [9.17, 15) is 18.7 Å². The number of hydrogen-bond acceptors (Lipinski definition) is 6. The van der Waals surface area contributed by atoms with Crippen molar-refractivity contribution in [1.82, 2.24) is 10.6 Å². The number of benzene rings is 2. The van der Waals surface area contributed by atoms with Gasteiger partial charge in [0.1, 0.15) is 17.2 Å². The van der Waals surface area contributed by atoms with Gasteiger partial charge in [-0.05, 0) is 75.4 Å². The molecular weight excluding hydrogens is 480 g/mol. The fraction of sp³-hybridized carbons (Fsp3) is 0.536. The molecule has 1 heterocycles. The summed E-state index contributed by atoms with van der Waals surface area (Å²) in [5.41, 5.74) is 1.63. The lowest BCUT2D eigenvalue weighted by atomic mass is 9.99. The molecule has 3 N–H and O–H groups in total. The fourth-order valence-electron chi connectivity index (χ4n) is 4.68. The van der Waals surface area contributed by atoms with E-state index in [-0.39, 0.29) is 18.5 Å². The molecule has 0 aromatic heterocycles. The summed E-state index contributed by atoms with van der Waals surface area (Å²) in [6.07, 6.45) is 0.152. The number of aliphatic hydroxyl groups is 1. The van der Waals surface area contributed by atoms with Gasteiger partial charge in [-0.25, -0.2) is 13.6 Å². The first-order valence-electron chi connectivity index (χ1n) is 12.8. The van der Waals surface area contributed by atoms with Crippen LogP contribution in [0.3, 0.4) is 0 Å². The smallest absolute Gasteiger partial charge is 0.407 e. The van der Waals surface area contributed by atoms with E-state index in [4.69, 9.17) is 9.47 Å². The second kappa shape index (κ2) is 11.3. The molecule has 0 unspecified atom stereocenters. The molecule has 0 bridgehead atoms. The van der Waals surface area contributed by atoms with Gasteiger partial charge >= 0.3 is 6.09 Å². The molecule has 1 amide bonds. The number of ether oxygens (including phenoxy) is 2. The molecule has 7 nitrogen and oxygen atoms in total. The Labute approximate surface area is 217 Å². The highest BCUT2D eigenvalue weighted by molar-refractivity contribution is 5.68. The highest BCUT2D eigenvalue weighted by atomic mass is 19.1. The number of morpholine rings is 1. The molecule has 4 rings (SSSR count). The molecule has 2 atom stereocenters. The van der Waals surface area contributed by atoms with Crippen molar-refractivity contribution in [2.24, 2.45) is 0 Å². The zero-order valence-corrected chi connectivity index (χ0v) is 21.7. The summed E-state index contributed by atoms with van der Waals surface area (Å²) in [5.74, 6) is -1.42. The van der Waals surface area contributed by atoms with Gasteiger partial charge in [0.2, 0.25) is 0 Å². The topological polar surface area (TPSA) is 83.1 Å². The van der Waals surface area contributed by atoms with Crippen molar-refractivity contribution in [2.45, 2.75) is 63.3 Å². The number of aliphatic hydroxyl groups excluding tert-OH is 1. The Hall–Kier alpha value is -2.75. The van der Waals surface area contributed by atoms with E-state index >= 15 is 0 Å². The molecule has 2 aromatic carbocycles. The van der Waals surface area contributed by atoms with Crippen LogP contribution in [0.5, 0.6) is 0 Å². The molecule has 2 fully saturated rings. The number of nitrogens with zero attached hydrogens (tertiary/aromatic N) is 1. The predicted octanol–water partition coefficient (Wildman–Crippen LogP) is 3.88. The molecule has 0 spiro atoms.